The predicted octanol–water partition coefficient (Wildman–Crippen LogP) is 2.70. The number of rotatable bonds is 4. The van der Waals surface area contributed by atoms with Crippen LogP contribution >= 0.6 is 11.8 Å². The Hall–Kier alpha value is -1.11. The van der Waals surface area contributed by atoms with Gasteiger partial charge in [0.1, 0.15) is 0 Å². The van der Waals surface area contributed by atoms with Gasteiger partial charge in [0.05, 0.1) is 10.8 Å². The minimum atomic E-state index is -0.189. The molecule has 1 aliphatic rings. The quantitative estimate of drug-likeness (QED) is 0.796. The summed E-state index contributed by atoms with van der Waals surface area (Å²) >= 11 is 1.45. The molecule has 1 fully saturated rings. The molecule has 22 heavy (non-hydrogen) atoms. The number of aromatic nitrogens is 4. The minimum absolute atomic E-state index is 0.167. The van der Waals surface area contributed by atoms with E-state index in [2.05, 4.69) is 48.1 Å². The molecule has 0 aromatic carbocycles. The first-order chi connectivity index (χ1) is 10.3. The highest BCUT2D eigenvalue weighted by Crippen LogP contribution is 2.28. The van der Waals surface area contributed by atoms with E-state index in [0.29, 0.717) is 11.2 Å². The number of nitrogens with zero attached hydrogens (tertiary/aromatic N) is 5. The van der Waals surface area contributed by atoms with E-state index in [0.717, 1.165) is 25.8 Å². The molecule has 1 aliphatic heterocycles. The van der Waals surface area contributed by atoms with E-state index in [-0.39, 0.29) is 16.7 Å². The van der Waals surface area contributed by atoms with Crippen molar-refractivity contribution in [3.8, 4) is 0 Å². The Morgan fingerprint density at radius 3 is 2.77 bits per heavy atom. The summed E-state index contributed by atoms with van der Waals surface area (Å²) in [6.45, 7) is 11.2. The lowest BCUT2D eigenvalue weighted by atomic mass is 10.00. The Balaban J connectivity index is 2.07. The fraction of sp³-hybridized carbons (Fsp3) is 0.867. The SMILES string of the molecule is CCC1CCCCN1C(=O)C(C)Sc1nnnn1C(C)(C)C. The molecule has 1 aromatic rings. The highest BCUT2D eigenvalue weighted by Gasteiger charge is 2.31. The number of hydrogen-bond acceptors (Lipinski definition) is 5. The summed E-state index contributed by atoms with van der Waals surface area (Å²) in [5.74, 6) is 0.208. The van der Waals surface area contributed by atoms with Gasteiger partial charge in [-0.15, -0.1) is 5.10 Å². The maximum atomic E-state index is 12.8. The Kier molecular flexibility index (Phi) is 5.47. The maximum absolute atomic E-state index is 12.8. The summed E-state index contributed by atoms with van der Waals surface area (Å²) in [5.41, 5.74) is -0.189. The number of tetrazole rings is 1. The molecule has 124 valence electrons. The normalized spacial score (nSPS) is 21.0. The lowest BCUT2D eigenvalue weighted by Gasteiger charge is -2.36. The summed E-state index contributed by atoms with van der Waals surface area (Å²) in [6, 6.07) is 0.392. The number of carbonyl (C=O) groups is 1. The van der Waals surface area contributed by atoms with Gasteiger partial charge in [0.25, 0.3) is 0 Å². The van der Waals surface area contributed by atoms with Gasteiger partial charge in [-0.05, 0) is 63.8 Å². The fourth-order valence-electron chi connectivity index (χ4n) is 2.83. The maximum Gasteiger partial charge on any atom is 0.236 e. The van der Waals surface area contributed by atoms with E-state index in [4.69, 9.17) is 0 Å². The monoisotopic (exact) mass is 325 g/mol. The molecule has 0 spiro atoms. The van der Waals surface area contributed by atoms with Crippen LogP contribution in [0, 0.1) is 0 Å². The zero-order valence-electron chi connectivity index (χ0n) is 14.2. The lowest BCUT2D eigenvalue weighted by molar-refractivity contribution is -0.134. The second-order valence-electron chi connectivity index (χ2n) is 6.89. The van der Waals surface area contributed by atoms with Crippen LogP contribution in [0.1, 0.15) is 60.3 Å². The highest BCUT2D eigenvalue weighted by atomic mass is 32.2. The van der Waals surface area contributed by atoms with Crippen molar-refractivity contribution < 1.29 is 4.79 Å². The molecule has 2 atom stereocenters. The van der Waals surface area contributed by atoms with E-state index < -0.39 is 0 Å². The molecule has 2 unspecified atom stereocenters. The van der Waals surface area contributed by atoms with Crippen molar-refractivity contribution in [2.75, 3.05) is 6.54 Å². The Labute approximate surface area is 137 Å². The second-order valence-corrected chi connectivity index (χ2v) is 8.20. The summed E-state index contributed by atoms with van der Waals surface area (Å²) in [5, 5.41) is 12.4. The molecule has 0 bridgehead atoms. The summed E-state index contributed by atoms with van der Waals surface area (Å²) in [4.78, 5) is 14.8. The van der Waals surface area contributed by atoms with E-state index in [1.807, 2.05) is 6.92 Å². The lowest BCUT2D eigenvalue weighted by Crippen LogP contribution is -2.46. The smallest absolute Gasteiger partial charge is 0.236 e. The summed E-state index contributed by atoms with van der Waals surface area (Å²) < 4.78 is 1.79. The number of thioether (sulfide) groups is 1. The molecule has 2 rings (SSSR count). The van der Waals surface area contributed by atoms with Crippen molar-refractivity contribution in [1.82, 2.24) is 25.1 Å². The van der Waals surface area contributed by atoms with Crippen LogP contribution < -0.4 is 0 Å². The number of amides is 1. The molecule has 0 aliphatic carbocycles. The van der Waals surface area contributed by atoms with Crippen molar-refractivity contribution in [3.63, 3.8) is 0 Å². The molecular formula is C15H27N5OS. The van der Waals surface area contributed by atoms with Gasteiger partial charge in [0, 0.05) is 12.6 Å². The number of hydrogen-bond donors (Lipinski definition) is 0. The third kappa shape index (κ3) is 3.80. The minimum Gasteiger partial charge on any atom is -0.339 e. The van der Waals surface area contributed by atoms with Gasteiger partial charge >= 0.3 is 0 Å². The van der Waals surface area contributed by atoms with Gasteiger partial charge in [-0.2, -0.15) is 0 Å². The van der Waals surface area contributed by atoms with Crippen LogP contribution in [0.4, 0.5) is 0 Å². The Morgan fingerprint density at radius 1 is 1.41 bits per heavy atom. The molecule has 1 saturated heterocycles. The van der Waals surface area contributed by atoms with Gasteiger partial charge in [-0.3, -0.25) is 4.79 Å². The molecule has 0 saturated carbocycles. The van der Waals surface area contributed by atoms with Crippen LogP contribution in [0.25, 0.3) is 0 Å². The average Bonchev–Trinajstić information content (AvgIpc) is 2.94. The zero-order valence-corrected chi connectivity index (χ0v) is 15.1. The molecule has 0 N–H and O–H groups in total. The van der Waals surface area contributed by atoms with Gasteiger partial charge in [-0.1, -0.05) is 18.7 Å². The van der Waals surface area contributed by atoms with Crippen LogP contribution in [0.15, 0.2) is 5.16 Å². The van der Waals surface area contributed by atoms with Crippen molar-refractivity contribution in [2.24, 2.45) is 0 Å². The first-order valence-electron chi connectivity index (χ1n) is 8.10. The first kappa shape index (κ1) is 17.2. The molecule has 0 radical (unpaired) electrons. The predicted molar refractivity (Wildman–Crippen MR) is 87.8 cm³/mol. The largest absolute Gasteiger partial charge is 0.339 e. The van der Waals surface area contributed by atoms with Crippen LogP contribution in [0.2, 0.25) is 0 Å². The fourth-order valence-corrected chi connectivity index (χ4v) is 3.88. The van der Waals surface area contributed by atoms with Gasteiger partial charge in [0.2, 0.25) is 11.1 Å². The molecular weight excluding hydrogens is 298 g/mol. The highest BCUT2D eigenvalue weighted by molar-refractivity contribution is 8.00. The third-order valence-corrected chi connectivity index (χ3v) is 5.11. The standard InChI is InChI=1S/C15H27N5OS/c1-6-12-9-7-8-10-19(12)13(21)11(2)22-14-16-17-18-20(14)15(3,4)5/h11-12H,6-10H2,1-5H3. The molecule has 1 amide bonds. The van der Waals surface area contributed by atoms with E-state index >= 15 is 0 Å². The van der Waals surface area contributed by atoms with Gasteiger partial charge < -0.3 is 4.90 Å². The van der Waals surface area contributed by atoms with Crippen molar-refractivity contribution in [1.29, 1.82) is 0 Å². The van der Waals surface area contributed by atoms with E-state index in [1.165, 1.54) is 18.2 Å². The molecule has 7 heteroatoms. The van der Waals surface area contributed by atoms with Crippen LogP contribution in [0.3, 0.4) is 0 Å². The van der Waals surface area contributed by atoms with Gasteiger partial charge in [0.15, 0.2) is 0 Å². The van der Waals surface area contributed by atoms with Gasteiger partial charge in [-0.25, -0.2) is 4.68 Å². The van der Waals surface area contributed by atoms with Crippen molar-refractivity contribution in [2.45, 2.75) is 82.3 Å². The number of carbonyl (C=O) groups excluding carboxylic acids is 1. The summed E-state index contributed by atoms with van der Waals surface area (Å²) in [6.07, 6.45) is 4.49. The van der Waals surface area contributed by atoms with Crippen LogP contribution in [-0.4, -0.2) is 48.9 Å². The van der Waals surface area contributed by atoms with E-state index in [1.54, 1.807) is 4.68 Å². The van der Waals surface area contributed by atoms with Crippen LogP contribution in [-0.2, 0) is 10.3 Å². The van der Waals surface area contributed by atoms with E-state index in [9.17, 15) is 4.79 Å². The van der Waals surface area contributed by atoms with Crippen LogP contribution in [0.5, 0.6) is 0 Å². The second kappa shape index (κ2) is 6.98. The van der Waals surface area contributed by atoms with Crippen molar-refractivity contribution >= 4 is 17.7 Å². The van der Waals surface area contributed by atoms with Crippen molar-refractivity contribution in [3.05, 3.63) is 0 Å². The summed E-state index contributed by atoms with van der Waals surface area (Å²) in [7, 11) is 0. The third-order valence-electron chi connectivity index (χ3n) is 4.09. The average molecular weight is 325 g/mol. The number of piperidine rings is 1. The topological polar surface area (TPSA) is 63.9 Å². The number of likely N-dealkylation sites (tertiary alicyclic amines) is 1. The zero-order chi connectivity index (χ0) is 16.3. The molecule has 2 heterocycles. The Morgan fingerprint density at radius 2 is 2.14 bits per heavy atom. The Bertz CT molecular complexity index is 510. The molecule has 1 aromatic heterocycles. The molecule has 6 nitrogen and oxygen atoms in total. The first-order valence-corrected chi connectivity index (χ1v) is 8.98.